The highest BCUT2D eigenvalue weighted by Crippen LogP contribution is 2.59. The number of fused-ring (bicyclic) bond motifs is 6. The predicted molar refractivity (Wildman–Crippen MR) is 169 cm³/mol. The van der Waals surface area contributed by atoms with E-state index in [9.17, 15) is 14.3 Å². The average Bonchev–Trinajstić information content (AvgIpc) is 3.80. The molecule has 3 fully saturated rings. The van der Waals surface area contributed by atoms with Crippen LogP contribution in [0.3, 0.4) is 0 Å². The minimum Gasteiger partial charge on any atom is -0.382 e. The van der Waals surface area contributed by atoms with Crippen LogP contribution >= 0.6 is 25.8 Å². The van der Waals surface area contributed by atoms with Crippen LogP contribution in [0.1, 0.15) is 12.5 Å². The Kier molecular flexibility index (Phi) is 7.79. The quantitative estimate of drug-likeness (QED) is 0.154. The zero-order valence-electron chi connectivity index (χ0n) is 24.1. The zero-order chi connectivity index (χ0) is 32.7. The van der Waals surface area contributed by atoms with Crippen molar-refractivity contribution in [1.29, 1.82) is 0 Å². The van der Waals surface area contributed by atoms with Gasteiger partial charge in [0.05, 0.1) is 39.0 Å². The van der Waals surface area contributed by atoms with Crippen LogP contribution in [0.5, 0.6) is 0 Å². The van der Waals surface area contributed by atoms with Gasteiger partial charge in [-0.25, -0.2) is 38.3 Å². The Morgan fingerprint density at radius 1 is 1.13 bits per heavy atom. The van der Waals surface area contributed by atoms with Crippen molar-refractivity contribution in [2.24, 2.45) is 11.8 Å². The Bertz CT molecular complexity index is 2160. The van der Waals surface area contributed by atoms with E-state index in [-0.39, 0.29) is 54.7 Å². The molecule has 7 heterocycles. The maximum absolute atomic E-state index is 15.9. The van der Waals surface area contributed by atoms with Crippen molar-refractivity contribution in [3.63, 3.8) is 0 Å². The summed E-state index contributed by atoms with van der Waals surface area (Å²) >= 11 is 9.43. The summed E-state index contributed by atoms with van der Waals surface area (Å²) < 4.78 is 62.8. The lowest BCUT2D eigenvalue weighted by Gasteiger charge is -2.45. The van der Waals surface area contributed by atoms with Gasteiger partial charge in [0.15, 0.2) is 23.2 Å². The highest BCUT2D eigenvalue weighted by molar-refractivity contribution is 8.44. The molecule has 23 heteroatoms. The first-order valence-corrected chi connectivity index (χ1v) is 19.7. The van der Waals surface area contributed by atoms with E-state index in [4.69, 9.17) is 40.4 Å². The smallest absolute Gasteiger partial charge is 0.382 e. The first kappa shape index (κ1) is 31.4. The third-order valence-electron chi connectivity index (χ3n) is 8.82. The number of nitrogens with two attached hydrogens (primary N) is 1. The molecule has 0 amide bonds. The number of nitrogen functional groups attached to an aromatic ring is 1. The molecule has 1 saturated carbocycles. The molecule has 0 aromatic carbocycles. The van der Waals surface area contributed by atoms with Gasteiger partial charge in [0.25, 0.3) is 5.56 Å². The molecule has 250 valence electrons. The van der Waals surface area contributed by atoms with Crippen molar-refractivity contribution in [2.75, 3.05) is 25.6 Å². The summed E-state index contributed by atoms with van der Waals surface area (Å²) in [5.74, 6) is -0.0573. The summed E-state index contributed by atoms with van der Waals surface area (Å²) in [7, 11) is 0. The molecule has 5 aromatic rings. The number of aromatic amines is 1. The maximum atomic E-state index is 15.9. The molecule has 4 N–H and O–H groups in total. The predicted octanol–water partition coefficient (Wildman–Crippen LogP) is 1.78. The van der Waals surface area contributed by atoms with Crippen molar-refractivity contribution < 1.29 is 36.7 Å². The van der Waals surface area contributed by atoms with Crippen LogP contribution < -0.4 is 11.3 Å². The van der Waals surface area contributed by atoms with Crippen molar-refractivity contribution in [3.8, 4) is 0 Å². The standard InChI is InChI=1S/C24H27FN10O8P2S2/c25-16-15-7-41-44(37,46)40-6-12-11(3-13(12)35-10-31-17-20(26)28-8-29-21(17)35)5-39-45(38,47)43-19(16)14(42-15)4-33-9-30-18-22(33)32-24-27-1-2-34(24)23(18)36/h1-2,8-16,19H,3-7H2,(H,27,32)(H,37,46)(H,38,47)(H2,26,28,29)/t11?,12-,13-,14?,15-,16-,19+,44?,45?/m1/s1. The minimum atomic E-state index is -4.16. The minimum absolute atomic E-state index is 0.0596. The second-order valence-electron chi connectivity index (χ2n) is 11.5. The second-order valence-corrected chi connectivity index (χ2v) is 17.2. The number of ether oxygens (including phenoxy) is 1. The molecule has 2 bridgehead atoms. The molecule has 2 saturated heterocycles. The SMILES string of the molecule is Nc1ncnc2c1ncn2[C@@H]1CC2COP(=O)(S)O[C@H]3C(Cn4cnc5c(=O)n6ccnc6[nH]c54)O[C@H](COP(O)(=S)OC[C@H]21)[C@H]3F. The highest BCUT2D eigenvalue weighted by atomic mass is 32.7. The molecule has 47 heavy (non-hydrogen) atoms. The molecular weight excluding hydrogens is 701 g/mol. The normalized spacial score (nSPS) is 35.2. The van der Waals surface area contributed by atoms with Gasteiger partial charge in [-0.05, 0) is 24.1 Å². The van der Waals surface area contributed by atoms with E-state index in [2.05, 4.69) is 42.2 Å². The molecule has 18 nitrogen and oxygen atoms in total. The Morgan fingerprint density at radius 3 is 2.79 bits per heavy atom. The number of nitrogens with zero attached hydrogens (tertiary/aromatic N) is 8. The van der Waals surface area contributed by atoms with E-state index in [1.807, 2.05) is 4.57 Å². The molecule has 8 rings (SSSR count). The van der Waals surface area contributed by atoms with Gasteiger partial charge in [-0.2, -0.15) is 0 Å². The fraction of sp³-hybridized carbons (Fsp3) is 0.500. The van der Waals surface area contributed by atoms with Gasteiger partial charge < -0.3 is 43.1 Å². The molecule has 2 aliphatic heterocycles. The van der Waals surface area contributed by atoms with Crippen LogP contribution in [0.25, 0.3) is 28.1 Å². The van der Waals surface area contributed by atoms with Crippen LogP contribution in [-0.2, 0) is 45.7 Å². The summed E-state index contributed by atoms with van der Waals surface area (Å²) in [4.78, 5) is 47.7. The van der Waals surface area contributed by atoms with Crippen molar-refractivity contribution in [3.05, 3.63) is 41.7 Å². The monoisotopic (exact) mass is 728 g/mol. The van der Waals surface area contributed by atoms with Gasteiger partial charge in [-0.15, -0.1) is 0 Å². The molecule has 4 unspecified atom stereocenters. The van der Waals surface area contributed by atoms with Crippen LogP contribution in [0.15, 0.2) is 36.2 Å². The first-order chi connectivity index (χ1) is 22.5. The van der Waals surface area contributed by atoms with Gasteiger partial charge in [-0.3, -0.25) is 9.32 Å². The van der Waals surface area contributed by atoms with E-state index >= 15 is 4.39 Å². The van der Waals surface area contributed by atoms with Crippen molar-refractivity contribution in [2.45, 2.75) is 43.5 Å². The van der Waals surface area contributed by atoms with Crippen molar-refractivity contribution >= 4 is 71.5 Å². The lowest BCUT2D eigenvalue weighted by molar-refractivity contribution is -0.0178. The number of H-pyrrole nitrogens is 1. The lowest BCUT2D eigenvalue weighted by Crippen LogP contribution is -2.43. The number of nitrogens with one attached hydrogen (secondary N) is 1. The van der Waals surface area contributed by atoms with Gasteiger partial charge in [0.1, 0.15) is 35.8 Å². The molecule has 5 aromatic heterocycles. The number of hydrogen-bond acceptors (Lipinski definition) is 14. The van der Waals surface area contributed by atoms with Crippen LogP contribution in [0, 0.1) is 11.8 Å². The number of anilines is 1. The Labute approximate surface area is 273 Å². The fourth-order valence-electron chi connectivity index (χ4n) is 6.39. The van der Waals surface area contributed by atoms with Crippen LogP contribution in [-0.4, -0.2) is 92.6 Å². The third-order valence-corrected chi connectivity index (χ3v) is 12.0. The van der Waals surface area contributed by atoms with Crippen LogP contribution in [0.2, 0.25) is 0 Å². The van der Waals surface area contributed by atoms with E-state index in [0.717, 1.165) is 0 Å². The molecule has 0 radical (unpaired) electrons. The number of halogens is 1. The fourth-order valence-corrected chi connectivity index (χ4v) is 9.05. The largest absolute Gasteiger partial charge is 0.386 e. The number of thiol groups is 1. The molecular formula is C24H27FN10O8P2S2. The number of alkyl halides is 1. The maximum Gasteiger partial charge on any atom is 0.386 e. The van der Waals surface area contributed by atoms with Gasteiger partial charge in [0, 0.05) is 24.4 Å². The summed E-state index contributed by atoms with van der Waals surface area (Å²) in [6.07, 6.45) is 2.09. The highest BCUT2D eigenvalue weighted by Gasteiger charge is 2.51. The number of rotatable bonds is 3. The van der Waals surface area contributed by atoms with E-state index in [1.54, 1.807) is 6.33 Å². The van der Waals surface area contributed by atoms with E-state index in [0.29, 0.717) is 23.2 Å². The number of imidazole rings is 3. The average molecular weight is 729 g/mol. The van der Waals surface area contributed by atoms with Gasteiger partial charge in [-0.1, -0.05) is 12.2 Å². The second kappa shape index (κ2) is 11.6. The summed E-state index contributed by atoms with van der Waals surface area (Å²) in [6.45, 7) is -8.74. The number of hydrogen-bond donors (Lipinski definition) is 4. The number of aromatic nitrogens is 9. The summed E-state index contributed by atoms with van der Waals surface area (Å²) in [5.41, 5.74) is 6.94. The van der Waals surface area contributed by atoms with Crippen LogP contribution in [0.4, 0.5) is 10.2 Å². The van der Waals surface area contributed by atoms with E-state index in [1.165, 1.54) is 34.0 Å². The van der Waals surface area contributed by atoms with Crippen molar-refractivity contribution in [1.82, 2.24) is 43.4 Å². The topological polar surface area (TPSA) is 221 Å². The molecule has 1 aliphatic carbocycles. The Balaban J connectivity index is 1.06. The third kappa shape index (κ3) is 5.61. The molecule has 3 aliphatic rings. The molecule has 0 spiro atoms. The Hall–Kier alpha value is -2.84. The van der Waals surface area contributed by atoms with E-state index < -0.39 is 50.2 Å². The summed E-state index contributed by atoms with van der Waals surface area (Å²) in [6, 6.07) is -0.218. The zero-order valence-corrected chi connectivity index (χ0v) is 27.6. The lowest BCUT2D eigenvalue weighted by atomic mass is 9.70. The summed E-state index contributed by atoms with van der Waals surface area (Å²) in [5, 5.41) is 0. The first-order valence-electron chi connectivity index (χ1n) is 14.4. The van der Waals surface area contributed by atoms with Gasteiger partial charge >= 0.3 is 13.5 Å². The Morgan fingerprint density at radius 2 is 1.94 bits per heavy atom. The van der Waals surface area contributed by atoms with Gasteiger partial charge in [0.2, 0.25) is 5.78 Å². The molecule has 9 atom stereocenters.